The van der Waals surface area contributed by atoms with Crippen LogP contribution in [0.25, 0.3) is 93.6 Å². The predicted octanol–water partition coefficient (Wildman–Crippen LogP) is 15.4. The highest BCUT2D eigenvalue weighted by Gasteiger charge is 2.22. The number of benzene rings is 9. The number of hydrogen-bond acceptors (Lipinski definition) is 3. The number of anilines is 3. The van der Waals surface area contributed by atoms with Crippen LogP contribution in [0.4, 0.5) is 17.1 Å². The van der Waals surface area contributed by atoms with Gasteiger partial charge in [0.1, 0.15) is 16.7 Å². The van der Waals surface area contributed by atoms with Gasteiger partial charge in [-0.1, -0.05) is 146 Å². The normalized spacial score (nSPS) is 11.8. The molecule has 4 heteroatoms. The van der Waals surface area contributed by atoms with E-state index in [2.05, 4.69) is 191 Å². The van der Waals surface area contributed by atoms with E-state index in [0.717, 1.165) is 94.4 Å². The van der Waals surface area contributed by atoms with E-state index >= 15 is 0 Å². The molecule has 58 heavy (non-hydrogen) atoms. The topological polar surface area (TPSA) is 34.5 Å². The maximum absolute atomic E-state index is 6.70. The molecule has 9 aromatic carbocycles. The van der Waals surface area contributed by atoms with Gasteiger partial charge in [-0.15, -0.1) is 0 Å². The van der Waals surface area contributed by atoms with Gasteiger partial charge in [0.2, 0.25) is 0 Å². The highest BCUT2D eigenvalue weighted by atomic mass is 16.3. The minimum absolute atomic E-state index is 0.848. The fourth-order valence-electron chi connectivity index (χ4n) is 9.01. The largest absolute Gasteiger partial charge is 0.455 e. The van der Waals surface area contributed by atoms with Gasteiger partial charge in [-0.2, -0.15) is 0 Å². The Morgan fingerprint density at radius 1 is 0.345 bits per heavy atom. The third kappa shape index (κ3) is 4.95. The van der Waals surface area contributed by atoms with Gasteiger partial charge in [0.05, 0.1) is 16.7 Å². The van der Waals surface area contributed by atoms with Crippen LogP contribution in [0.1, 0.15) is 0 Å². The van der Waals surface area contributed by atoms with Crippen molar-refractivity contribution in [1.82, 2.24) is 4.57 Å². The van der Waals surface area contributed by atoms with Crippen LogP contribution in [0, 0.1) is 0 Å². The first-order valence-corrected chi connectivity index (χ1v) is 19.7. The van der Waals surface area contributed by atoms with Crippen LogP contribution in [0.3, 0.4) is 0 Å². The molecule has 0 fully saturated rings. The van der Waals surface area contributed by atoms with Crippen molar-refractivity contribution in [2.24, 2.45) is 0 Å². The van der Waals surface area contributed by atoms with Gasteiger partial charge in [-0.05, 0) is 77.4 Å². The summed E-state index contributed by atoms with van der Waals surface area (Å²) >= 11 is 0. The maximum Gasteiger partial charge on any atom is 0.159 e. The van der Waals surface area contributed by atoms with Crippen LogP contribution in [0.2, 0.25) is 0 Å². The molecular formula is C54H34N2O2. The molecule has 0 N–H and O–H groups in total. The van der Waals surface area contributed by atoms with Crippen LogP contribution < -0.4 is 4.90 Å². The first-order chi connectivity index (χ1) is 28.8. The molecule has 0 aliphatic rings. The van der Waals surface area contributed by atoms with Gasteiger partial charge in [0.25, 0.3) is 0 Å². The van der Waals surface area contributed by atoms with E-state index < -0.39 is 0 Å². The van der Waals surface area contributed by atoms with Gasteiger partial charge in [0.15, 0.2) is 5.58 Å². The first-order valence-electron chi connectivity index (χ1n) is 19.7. The summed E-state index contributed by atoms with van der Waals surface area (Å²) in [6, 6.07) is 73.1. The number of nitrogens with zero attached hydrogens (tertiary/aromatic N) is 2. The number of furan rings is 2. The lowest BCUT2D eigenvalue weighted by molar-refractivity contribution is 0.669. The van der Waals surface area contributed by atoms with Crippen molar-refractivity contribution >= 4 is 82.7 Å². The Kier molecular flexibility index (Phi) is 7.20. The predicted molar refractivity (Wildman–Crippen MR) is 241 cm³/mol. The average molecular weight is 743 g/mol. The molecule has 0 bridgehead atoms. The Balaban J connectivity index is 1.05. The number of rotatable bonds is 6. The van der Waals surface area contributed by atoms with Gasteiger partial charge in [0, 0.05) is 54.9 Å². The third-order valence-electron chi connectivity index (χ3n) is 11.6. The van der Waals surface area contributed by atoms with E-state index in [1.54, 1.807) is 0 Å². The smallest absolute Gasteiger partial charge is 0.159 e. The molecule has 0 atom stereocenters. The molecule has 12 rings (SSSR count). The van der Waals surface area contributed by atoms with Crippen LogP contribution in [0.5, 0.6) is 0 Å². The summed E-state index contributed by atoms with van der Waals surface area (Å²) in [7, 11) is 0. The molecule has 0 unspecified atom stereocenters. The summed E-state index contributed by atoms with van der Waals surface area (Å²) in [5.74, 6) is 0. The lowest BCUT2D eigenvalue weighted by Crippen LogP contribution is -2.10. The van der Waals surface area contributed by atoms with Gasteiger partial charge in [-0.3, -0.25) is 0 Å². The highest BCUT2D eigenvalue weighted by molar-refractivity contribution is 6.13. The minimum atomic E-state index is 0.848. The van der Waals surface area contributed by atoms with E-state index in [9.17, 15) is 0 Å². The van der Waals surface area contributed by atoms with Crippen molar-refractivity contribution in [2.75, 3.05) is 4.90 Å². The Morgan fingerprint density at radius 3 is 1.67 bits per heavy atom. The van der Waals surface area contributed by atoms with Gasteiger partial charge in [-0.25, -0.2) is 0 Å². The van der Waals surface area contributed by atoms with Crippen LogP contribution in [-0.4, -0.2) is 4.57 Å². The molecular weight excluding hydrogens is 709 g/mol. The molecule has 0 radical (unpaired) electrons. The zero-order valence-electron chi connectivity index (χ0n) is 31.3. The molecule has 0 saturated heterocycles. The van der Waals surface area contributed by atoms with E-state index in [4.69, 9.17) is 8.83 Å². The van der Waals surface area contributed by atoms with Crippen LogP contribution >= 0.6 is 0 Å². The molecule has 0 saturated carbocycles. The van der Waals surface area contributed by atoms with Gasteiger partial charge >= 0.3 is 0 Å². The summed E-state index contributed by atoms with van der Waals surface area (Å²) in [6.07, 6.45) is 0. The monoisotopic (exact) mass is 742 g/mol. The fourth-order valence-corrected chi connectivity index (χ4v) is 9.01. The molecule has 3 heterocycles. The Morgan fingerprint density at radius 2 is 0.897 bits per heavy atom. The molecule has 272 valence electrons. The molecule has 0 amide bonds. The maximum atomic E-state index is 6.70. The summed E-state index contributed by atoms with van der Waals surface area (Å²) in [5, 5.41) is 6.87. The number of para-hydroxylation sites is 6. The van der Waals surface area contributed by atoms with Crippen LogP contribution in [0.15, 0.2) is 215 Å². The molecule has 0 spiro atoms. The lowest BCUT2D eigenvalue weighted by Gasteiger charge is -2.26. The Hall–Kier alpha value is -7.82. The van der Waals surface area contributed by atoms with Crippen molar-refractivity contribution in [2.45, 2.75) is 0 Å². The van der Waals surface area contributed by atoms with Gasteiger partial charge < -0.3 is 18.3 Å². The van der Waals surface area contributed by atoms with E-state index in [-0.39, 0.29) is 0 Å². The minimum Gasteiger partial charge on any atom is -0.455 e. The van der Waals surface area contributed by atoms with Crippen molar-refractivity contribution < 1.29 is 8.83 Å². The van der Waals surface area contributed by atoms with Crippen molar-refractivity contribution in [3.8, 4) is 27.9 Å². The second kappa shape index (κ2) is 12.9. The van der Waals surface area contributed by atoms with E-state index in [0.29, 0.717) is 0 Å². The van der Waals surface area contributed by atoms with Crippen LogP contribution in [-0.2, 0) is 0 Å². The van der Waals surface area contributed by atoms with Crippen molar-refractivity contribution in [3.05, 3.63) is 206 Å². The molecule has 12 aromatic rings. The number of hydrogen-bond donors (Lipinski definition) is 0. The number of fused-ring (bicyclic) bond motifs is 9. The molecule has 4 nitrogen and oxygen atoms in total. The first kappa shape index (κ1) is 32.4. The standard InChI is InChI=1S/C54H34N2O2/c1-2-14-36(15-3-1)56-48-24-9-6-18-41(48)42-33-32-38(34-50(42)56)55(49-25-13-23-47-44-20-8-11-27-52(44)58-54(47)49)37-30-28-35(29-31-37)39-16-4-5-17-40(39)45-21-12-22-46-43-19-7-10-26-51(43)57-53(45)46/h1-34H. The molecule has 3 aromatic heterocycles. The van der Waals surface area contributed by atoms with E-state index in [1.807, 2.05) is 24.3 Å². The zero-order chi connectivity index (χ0) is 38.2. The quantitative estimate of drug-likeness (QED) is 0.170. The fraction of sp³-hybridized carbons (Fsp3) is 0. The summed E-state index contributed by atoms with van der Waals surface area (Å²) < 4.78 is 15.6. The Labute approximate surface area is 334 Å². The van der Waals surface area contributed by atoms with Crippen molar-refractivity contribution in [3.63, 3.8) is 0 Å². The number of aromatic nitrogens is 1. The van der Waals surface area contributed by atoms with E-state index in [1.165, 1.54) is 16.3 Å². The lowest BCUT2D eigenvalue weighted by atomic mass is 9.93. The highest BCUT2D eigenvalue weighted by Crippen LogP contribution is 2.45. The van der Waals surface area contributed by atoms with Crippen molar-refractivity contribution in [1.29, 1.82) is 0 Å². The summed E-state index contributed by atoms with van der Waals surface area (Å²) in [4.78, 5) is 2.34. The summed E-state index contributed by atoms with van der Waals surface area (Å²) in [6.45, 7) is 0. The molecule has 0 aliphatic heterocycles. The Bertz CT molecular complexity index is 3520. The molecule has 0 aliphatic carbocycles. The second-order valence-electron chi connectivity index (χ2n) is 14.8. The second-order valence-corrected chi connectivity index (χ2v) is 14.8. The average Bonchev–Trinajstić information content (AvgIpc) is 3.97. The third-order valence-corrected chi connectivity index (χ3v) is 11.6. The zero-order valence-corrected chi connectivity index (χ0v) is 31.3. The summed E-state index contributed by atoms with van der Waals surface area (Å²) in [5.41, 5.74) is 14.4. The SMILES string of the molecule is c1ccc(-n2c3ccccc3c3ccc(N(c4ccc(-c5ccccc5-c5cccc6c5oc5ccccc56)cc4)c4cccc5c4oc4ccccc45)cc32)cc1.